The Bertz CT molecular complexity index is 830. The number of nitriles is 1. The number of rotatable bonds is 3. The van der Waals surface area contributed by atoms with Crippen molar-refractivity contribution in [2.45, 2.75) is 4.90 Å². The highest BCUT2D eigenvalue weighted by Gasteiger charge is 2.27. The third-order valence-electron chi connectivity index (χ3n) is 3.65. The minimum absolute atomic E-state index is 0.0286. The first-order valence-corrected chi connectivity index (χ1v) is 8.41. The van der Waals surface area contributed by atoms with Crippen molar-refractivity contribution in [3.8, 4) is 11.9 Å². The lowest BCUT2D eigenvalue weighted by molar-refractivity contribution is 0.222. The van der Waals surface area contributed by atoms with Crippen LogP contribution < -0.4 is 0 Å². The van der Waals surface area contributed by atoms with Gasteiger partial charge in [-0.3, -0.25) is 0 Å². The molecule has 0 radical (unpaired) electrons. The molecule has 0 aliphatic carbocycles. The van der Waals surface area contributed by atoms with Crippen molar-refractivity contribution in [3.63, 3.8) is 0 Å². The van der Waals surface area contributed by atoms with Crippen molar-refractivity contribution in [2.75, 3.05) is 33.2 Å². The van der Waals surface area contributed by atoms with Crippen molar-refractivity contribution in [3.05, 3.63) is 30.5 Å². The zero-order chi connectivity index (χ0) is 16.4. The van der Waals surface area contributed by atoms with E-state index in [0.29, 0.717) is 32.0 Å². The second-order valence-electron chi connectivity index (χ2n) is 5.18. The number of piperazine rings is 1. The topological polar surface area (TPSA) is 108 Å². The van der Waals surface area contributed by atoms with Gasteiger partial charge in [-0.25, -0.2) is 23.1 Å². The molecule has 3 heterocycles. The highest BCUT2D eigenvalue weighted by molar-refractivity contribution is 7.89. The molecule has 10 heteroatoms. The Morgan fingerprint density at radius 2 is 1.91 bits per heavy atom. The first kappa shape index (κ1) is 15.5. The quantitative estimate of drug-likeness (QED) is 0.743. The lowest BCUT2D eigenvalue weighted by atomic mass is 10.4. The largest absolute Gasteiger partial charge is 0.304 e. The second kappa shape index (κ2) is 6.04. The second-order valence-corrected chi connectivity index (χ2v) is 7.12. The molecule has 1 aliphatic rings. The molecule has 0 bridgehead atoms. The maximum Gasteiger partial charge on any atom is 0.252 e. The molecule has 0 N–H and O–H groups in total. The summed E-state index contributed by atoms with van der Waals surface area (Å²) in [7, 11) is -1.57. The summed E-state index contributed by atoms with van der Waals surface area (Å²) >= 11 is 0. The third-order valence-corrected chi connectivity index (χ3v) is 5.53. The number of nitrogens with zero attached hydrogens (tertiary/aromatic N) is 7. The molecule has 0 unspecified atom stereocenters. The fourth-order valence-electron chi connectivity index (χ4n) is 2.26. The summed E-state index contributed by atoms with van der Waals surface area (Å²) in [5.41, 5.74) is 0. The molecule has 23 heavy (non-hydrogen) atoms. The Morgan fingerprint density at radius 1 is 1.17 bits per heavy atom. The van der Waals surface area contributed by atoms with Crippen LogP contribution in [0, 0.1) is 11.3 Å². The van der Waals surface area contributed by atoms with Gasteiger partial charge >= 0.3 is 0 Å². The Hall–Kier alpha value is -2.35. The van der Waals surface area contributed by atoms with Gasteiger partial charge in [0.2, 0.25) is 10.0 Å². The van der Waals surface area contributed by atoms with Gasteiger partial charge in [0.1, 0.15) is 17.3 Å². The van der Waals surface area contributed by atoms with E-state index < -0.39 is 10.0 Å². The number of pyridine rings is 1. The predicted octanol–water partition coefficient (Wildman–Crippen LogP) is -0.530. The summed E-state index contributed by atoms with van der Waals surface area (Å²) < 4.78 is 28.0. The average Bonchev–Trinajstić information content (AvgIpc) is 3.04. The zero-order valence-electron chi connectivity index (χ0n) is 12.5. The molecule has 0 saturated carbocycles. The lowest BCUT2D eigenvalue weighted by Gasteiger charge is -2.31. The summed E-state index contributed by atoms with van der Waals surface area (Å²) in [6, 6.07) is 4.85. The molecule has 1 saturated heterocycles. The molecule has 0 aromatic carbocycles. The minimum atomic E-state index is -3.54. The number of sulfonamides is 1. The normalized spacial score (nSPS) is 17.0. The number of hydrogen-bond acceptors (Lipinski definition) is 7. The van der Waals surface area contributed by atoms with Crippen LogP contribution in [0.5, 0.6) is 0 Å². The van der Waals surface area contributed by atoms with Crippen molar-refractivity contribution in [2.24, 2.45) is 0 Å². The average molecular weight is 333 g/mol. The molecule has 120 valence electrons. The highest BCUT2D eigenvalue weighted by Crippen LogP contribution is 2.17. The SMILES string of the molecule is CN1CCN(S(=O)(=O)c2ccc(-n3cnc(C#N)n3)nc2)CC1. The first-order valence-electron chi connectivity index (χ1n) is 6.97. The van der Waals surface area contributed by atoms with Gasteiger partial charge in [-0.05, 0) is 19.2 Å². The molecular formula is C13H15N7O2S. The van der Waals surface area contributed by atoms with Crippen LogP contribution in [0.1, 0.15) is 5.82 Å². The molecule has 2 aromatic heterocycles. The number of aromatic nitrogens is 4. The summed E-state index contributed by atoms with van der Waals surface area (Å²) in [5, 5.41) is 12.6. The lowest BCUT2D eigenvalue weighted by Crippen LogP contribution is -2.47. The van der Waals surface area contributed by atoms with Crippen LogP contribution in [0.4, 0.5) is 0 Å². The summed E-state index contributed by atoms with van der Waals surface area (Å²) in [6.45, 7) is 2.35. The molecule has 0 spiro atoms. The maximum atomic E-state index is 12.6. The predicted molar refractivity (Wildman–Crippen MR) is 80.1 cm³/mol. The Kier molecular flexibility index (Phi) is 4.08. The van der Waals surface area contributed by atoms with Gasteiger partial charge in [-0.1, -0.05) is 0 Å². The van der Waals surface area contributed by atoms with Crippen LogP contribution in [0.2, 0.25) is 0 Å². The first-order chi connectivity index (χ1) is 11.0. The van der Waals surface area contributed by atoms with Crippen molar-refractivity contribution >= 4 is 10.0 Å². The highest BCUT2D eigenvalue weighted by atomic mass is 32.2. The van der Waals surface area contributed by atoms with E-state index in [-0.39, 0.29) is 10.7 Å². The van der Waals surface area contributed by atoms with Crippen LogP contribution >= 0.6 is 0 Å². The van der Waals surface area contributed by atoms with E-state index in [1.807, 2.05) is 13.1 Å². The van der Waals surface area contributed by atoms with E-state index in [9.17, 15) is 8.42 Å². The van der Waals surface area contributed by atoms with Gasteiger partial charge in [-0.15, -0.1) is 5.10 Å². The molecular weight excluding hydrogens is 318 g/mol. The van der Waals surface area contributed by atoms with E-state index >= 15 is 0 Å². The van der Waals surface area contributed by atoms with Crippen LogP contribution in [0.25, 0.3) is 5.82 Å². The molecule has 1 fully saturated rings. The van der Waals surface area contributed by atoms with Crippen LogP contribution in [0.3, 0.4) is 0 Å². The number of hydrogen-bond donors (Lipinski definition) is 0. The van der Waals surface area contributed by atoms with E-state index in [1.165, 1.54) is 27.6 Å². The molecule has 1 aliphatic heterocycles. The Labute approximate surface area is 133 Å². The van der Waals surface area contributed by atoms with Crippen molar-refractivity contribution in [1.29, 1.82) is 5.26 Å². The monoisotopic (exact) mass is 333 g/mol. The van der Waals surface area contributed by atoms with Crippen LogP contribution in [-0.4, -0.2) is 70.6 Å². The third kappa shape index (κ3) is 3.07. The van der Waals surface area contributed by atoms with Crippen LogP contribution in [-0.2, 0) is 10.0 Å². The van der Waals surface area contributed by atoms with Gasteiger partial charge in [0, 0.05) is 32.4 Å². The van der Waals surface area contributed by atoms with E-state index in [2.05, 4.69) is 20.0 Å². The van der Waals surface area contributed by atoms with Gasteiger partial charge in [0.15, 0.2) is 5.82 Å². The molecule has 0 atom stereocenters. The molecule has 3 rings (SSSR count). The van der Waals surface area contributed by atoms with Crippen molar-refractivity contribution in [1.82, 2.24) is 29.0 Å². The van der Waals surface area contributed by atoms with Gasteiger partial charge in [0.25, 0.3) is 5.82 Å². The van der Waals surface area contributed by atoms with Gasteiger partial charge in [-0.2, -0.15) is 9.57 Å². The van der Waals surface area contributed by atoms with E-state index in [4.69, 9.17) is 5.26 Å². The Morgan fingerprint density at radius 3 is 2.48 bits per heavy atom. The smallest absolute Gasteiger partial charge is 0.252 e. The fraction of sp³-hybridized carbons (Fsp3) is 0.385. The standard InChI is InChI=1S/C13H15N7O2S/c1-18-4-6-19(7-5-18)23(21,22)11-2-3-13(15-9-11)20-10-16-12(8-14)17-20/h2-3,9-10H,4-7H2,1H3. The zero-order valence-corrected chi connectivity index (χ0v) is 13.3. The minimum Gasteiger partial charge on any atom is -0.304 e. The van der Waals surface area contributed by atoms with Gasteiger partial charge < -0.3 is 4.90 Å². The van der Waals surface area contributed by atoms with E-state index in [1.54, 1.807) is 6.07 Å². The summed E-state index contributed by atoms with van der Waals surface area (Å²) in [4.78, 5) is 10.1. The Balaban J connectivity index is 1.82. The van der Waals surface area contributed by atoms with Crippen molar-refractivity contribution < 1.29 is 8.42 Å². The summed E-state index contributed by atoms with van der Waals surface area (Å²) in [5.74, 6) is 0.428. The molecule has 9 nitrogen and oxygen atoms in total. The van der Waals surface area contributed by atoms with E-state index in [0.717, 1.165) is 0 Å². The fourth-order valence-corrected chi connectivity index (χ4v) is 3.63. The number of likely N-dealkylation sites (N-methyl/N-ethyl adjacent to an activating group) is 1. The maximum absolute atomic E-state index is 12.6. The summed E-state index contributed by atoms with van der Waals surface area (Å²) in [6.07, 6.45) is 2.66. The van der Waals surface area contributed by atoms with Crippen LogP contribution in [0.15, 0.2) is 29.6 Å². The molecule has 0 amide bonds. The van der Waals surface area contributed by atoms with Gasteiger partial charge in [0.05, 0.1) is 0 Å². The molecule has 2 aromatic rings.